The first-order valence-electron chi connectivity index (χ1n) is 6.49. The van der Waals surface area contributed by atoms with Gasteiger partial charge in [-0.05, 0) is 56.7 Å². The van der Waals surface area contributed by atoms with Gasteiger partial charge in [0.2, 0.25) is 0 Å². The molecule has 0 unspecified atom stereocenters. The highest BCUT2D eigenvalue weighted by atomic mass is 16.5. The summed E-state index contributed by atoms with van der Waals surface area (Å²) < 4.78 is 5.97. The minimum absolute atomic E-state index is 0.0906. The minimum Gasteiger partial charge on any atom is -0.488 e. The van der Waals surface area contributed by atoms with E-state index in [0.717, 1.165) is 30.6 Å². The summed E-state index contributed by atoms with van der Waals surface area (Å²) in [6.45, 7) is 4.21. The van der Waals surface area contributed by atoms with Crippen molar-refractivity contribution in [2.45, 2.75) is 51.6 Å². The largest absolute Gasteiger partial charge is 0.488 e. The average molecular weight is 248 g/mol. The molecule has 1 N–H and O–H groups in total. The van der Waals surface area contributed by atoms with Gasteiger partial charge in [-0.3, -0.25) is 4.79 Å². The highest BCUT2D eigenvalue weighted by Crippen LogP contribution is 2.33. The van der Waals surface area contributed by atoms with Crippen molar-refractivity contribution in [2.75, 3.05) is 0 Å². The number of benzene rings is 1. The van der Waals surface area contributed by atoms with Crippen LogP contribution in [0.2, 0.25) is 0 Å². The molecule has 0 radical (unpaired) electrons. The van der Waals surface area contributed by atoms with Crippen molar-refractivity contribution in [2.24, 2.45) is 0 Å². The Labute approximate surface area is 108 Å². The molecule has 0 spiro atoms. The molecule has 3 heteroatoms. The topological polar surface area (TPSA) is 46.5 Å². The number of carboxylic acid groups (broad SMARTS) is 1. The van der Waals surface area contributed by atoms with Gasteiger partial charge in [-0.1, -0.05) is 12.1 Å². The van der Waals surface area contributed by atoms with Crippen LogP contribution >= 0.6 is 0 Å². The Morgan fingerprint density at radius 3 is 2.94 bits per heavy atom. The van der Waals surface area contributed by atoms with Crippen LogP contribution < -0.4 is 4.74 Å². The fourth-order valence-corrected chi connectivity index (χ4v) is 2.28. The normalized spacial score (nSPS) is 16.8. The molecule has 0 atom stereocenters. The second kappa shape index (κ2) is 5.01. The Balaban J connectivity index is 2.05. The van der Waals surface area contributed by atoms with Crippen molar-refractivity contribution in [1.29, 1.82) is 0 Å². The van der Waals surface area contributed by atoms with Gasteiger partial charge in [-0.15, -0.1) is 0 Å². The van der Waals surface area contributed by atoms with Gasteiger partial charge in [-0.2, -0.15) is 0 Å². The van der Waals surface area contributed by atoms with E-state index in [1.807, 2.05) is 0 Å². The molecule has 0 amide bonds. The number of hydrogen-bond acceptors (Lipinski definition) is 2. The number of carboxylic acids is 1. The first kappa shape index (κ1) is 12.9. The molecule has 1 aliphatic heterocycles. The lowest BCUT2D eigenvalue weighted by Crippen LogP contribution is -2.32. The lowest BCUT2D eigenvalue weighted by molar-refractivity contribution is -0.137. The number of hydrogen-bond donors (Lipinski definition) is 1. The lowest BCUT2D eigenvalue weighted by atomic mass is 9.93. The van der Waals surface area contributed by atoms with Crippen LogP contribution in [0.1, 0.15) is 44.2 Å². The highest BCUT2D eigenvalue weighted by molar-refractivity contribution is 5.66. The number of aliphatic carboxylic acids is 1. The predicted octanol–water partition coefficient (Wildman–Crippen LogP) is 3.20. The van der Waals surface area contributed by atoms with E-state index < -0.39 is 5.97 Å². The Hall–Kier alpha value is -1.51. The molecule has 98 valence electrons. The first-order chi connectivity index (χ1) is 8.46. The molecule has 0 fully saturated rings. The van der Waals surface area contributed by atoms with Crippen LogP contribution in [0, 0.1) is 0 Å². The highest BCUT2D eigenvalue weighted by Gasteiger charge is 2.26. The van der Waals surface area contributed by atoms with E-state index >= 15 is 0 Å². The van der Waals surface area contributed by atoms with Crippen molar-refractivity contribution >= 4 is 5.97 Å². The van der Waals surface area contributed by atoms with Crippen molar-refractivity contribution in [3.63, 3.8) is 0 Å². The third-order valence-electron chi connectivity index (χ3n) is 3.37. The summed E-state index contributed by atoms with van der Waals surface area (Å²) in [6.07, 6.45) is 3.79. The predicted molar refractivity (Wildman–Crippen MR) is 70.0 cm³/mol. The van der Waals surface area contributed by atoms with Gasteiger partial charge in [0.25, 0.3) is 0 Å². The van der Waals surface area contributed by atoms with Crippen LogP contribution in [0.3, 0.4) is 0 Å². The molecule has 18 heavy (non-hydrogen) atoms. The SMILES string of the molecule is CC1(C)CCc2ccc(CCCC(=O)O)cc2O1. The quantitative estimate of drug-likeness (QED) is 0.890. The Morgan fingerprint density at radius 2 is 2.22 bits per heavy atom. The Morgan fingerprint density at radius 1 is 1.44 bits per heavy atom. The Kier molecular flexibility index (Phi) is 3.60. The maximum absolute atomic E-state index is 10.5. The van der Waals surface area contributed by atoms with Gasteiger partial charge in [-0.25, -0.2) is 0 Å². The molecular formula is C15H20O3. The number of rotatable bonds is 4. The Bertz CT molecular complexity index is 449. The van der Waals surface area contributed by atoms with E-state index in [-0.39, 0.29) is 12.0 Å². The number of fused-ring (bicyclic) bond motifs is 1. The van der Waals surface area contributed by atoms with Gasteiger partial charge < -0.3 is 9.84 Å². The van der Waals surface area contributed by atoms with Crippen LogP contribution in [-0.4, -0.2) is 16.7 Å². The smallest absolute Gasteiger partial charge is 0.303 e. The zero-order valence-corrected chi connectivity index (χ0v) is 11.0. The van der Waals surface area contributed by atoms with Gasteiger partial charge in [0, 0.05) is 6.42 Å². The van der Waals surface area contributed by atoms with E-state index in [2.05, 4.69) is 32.0 Å². The zero-order valence-electron chi connectivity index (χ0n) is 11.0. The second-order valence-electron chi connectivity index (χ2n) is 5.55. The number of aryl methyl sites for hydroxylation is 2. The van der Waals surface area contributed by atoms with Crippen molar-refractivity contribution in [1.82, 2.24) is 0 Å². The van der Waals surface area contributed by atoms with Crippen LogP contribution in [-0.2, 0) is 17.6 Å². The third-order valence-corrected chi connectivity index (χ3v) is 3.37. The monoisotopic (exact) mass is 248 g/mol. The first-order valence-corrected chi connectivity index (χ1v) is 6.49. The summed E-state index contributed by atoms with van der Waals surface area (Å²) >= 11 is 0. The van der Waals surface area contributed by atoms with E-state index in [0.29, 0.717) is 6.42 Å². The van der Waals surface area contributed by atoms with E-state index in [9.17, 15) is 4.79 Å². The molecule has 1 heterocycles. The van der Waals surface area contributed by atoms with E-state index in [4.69, 9.17) is 9.84 Å². The van der Waals surface area contributed by atoms with Crippen LogP contribution in [0.5, 0.6) is 5.75 Å². The molecule has 0 bridgehead atoms. The fourth-order valence-electron chi connectivity index (χ4n) is 2.28. The third kappa shape index (κ3) is 3.25. The molecule has 0 aromatic heterocycles. The summed E-state index contributed by atoms with van der Waals surface area (Å²) in [7, 11) is 0. The van der Waals surface area contributed by atoms with Gasteiger partial charge in [0.05, 0.1) is 0 Å². The zero-order chi connectivity index (χ0) is 13.2. The van der Waals surface area contributed by atoms with Crippen LogP contribution in [0.25, 0.3) is 0 Å². The molecule has 3 nitrogen and oxygen atoms in total. The molecule has 0 saturated heterocycles. The van der Waals surface area contributed by atoms with Crippen molar-refractivity contribution in [3.05, 3.63) is 29.3 Å². The standard InChI is InChI=1S/C15H20O3/c1-15(2)9-8-12-7-6-11(10-13(12)18-15)4-3-5-14(16)17/h6-7,10H,3-5,8-9H2,1-2H3,(H,16,17). The summed E-state index contributed by atoms with van der Waals surface area (Å²) in [5, 5.41) is 8.63. The molecule has 1 aromatic rings. The lowest BCUT2D eigenvalue weighted by Gasteiger charge is -2.32. The van der Waals surface area contributed by atoms with Crippen molar-refractivity contribution < 1.29 is 14.6 Å². The number of ether oxygens (including phenoxy) is 1. The molecule has 0 saturated carbocycles. The maximum atomic E-state index is 10.5. The molecule has 2 rings (SSSR count). The van der Waals surface area contributed by atoms with Gasteiger partial charge >= 0.3 is 5.97 Å². The van der Waals surface area contributed by atoms with Gasteiger partial charge in [0.15, 0.2) is 0 Å². The summed E-state index contributed by atoms with van der Waals surface area (Å²) in [6, 6.07) is 6.27. The van der Waals surface area contributed by atoms with Crippen LogP contribution in [0.4, 0.5) is 0 Å². The summed E-state index contributed by atoms with van der Waals surface area (Å²) in [5.41, 5.74) is 2.33. The molecular weight excluding hydrogens is 228 g/mol. The maximum Gasteiger partial charge on any atom is 0.303 e. The summed E-state index contributed by atoms with van der Waals surface area (Å²) in [5.74, 6) is 0.240. The average Bonchev–Trinajstić information content (AvgIpc) is 2.26. The molecule has 0 aliphatic carbocycles. The van der Waals surface area contributed by atoms with Crippen molar-refractivity contribution in [3.8, 4) is 5.75 Å². The summed E-state index contributed by atoms with van der Waals surface area (Å²) in [4.78, 5) is 10.5. The minimum atomic E-state index is -0.731. The number of carbonyl (C=O) groups is 1. The van der Waals surface area contributed by atoms with Crippen LogP contribution in [0.15, 0.2) is 18.2 Å². The molecule has 1 aliphatic rings. The van der Waals surface area contributed by atoms with Gasteiger partial charge in [0.1, 0.15) is 11.4 Å². The molecule has 1 aromatic carbocycles. The van der Waals surface area contributed by atoms with E-state index in [1.54, 1.807) is 0 Å². The fraction of sp³-hybridized carbons (Fsp3) is 0.533. The second-order valence-corrected chi connectivity index (χ2v) is 5.55. The van der Waals surface area contributed by atoms with E-state index in [1.165, 1.54) is 5.56 Å².